The lowest BCUT2D eigenvalue weighted by Crippen LogP contribution is -2.24. The number of anilines is 1. The first-order valence-corrected chi connectivity index (χ1v) is 8.12. The van der Waals surface area contributed by atoms with Gasteiger partial charge in [0.25, 0.3) is 0 Å². The van der Waals surface area contributed by atoms with Crippen molar-refractivity contribution >= 4 is 23.6 Å². The minimum Gasteiger partial charge on any atom is -0.294 e. The molecule has 0 unspecified atom stereocenters. The second-order valence-electron chi connectivity index (χ2n) is 4.98. The van der Waals surface area contributed by atoms with Gasteiger partial charge >= 0.3 is 0 Å². The zero-order valence-electron chi connectivity index (χ0n) is 13.1. The van der Waals surface area contributed by atoms with Crippen LogP contribution in [0, 0.1) is 6.92 Å². The number of rotatable bonds is 5. The number of hydrogen-bond acceptors (Lipinski definition) is 7. The fourth-order valence-electron chi connectivity index (χ4n) is 1.99. The Balaban J connectivity index is 1.74. The summed E-state index contributed by atoms with van der Waals surface area (Å²) < 4.78 is 1.63. The molecule has 24 heavy (non-hydrogen) atoms. The number of nitrogens with one attached hydrogen (secondary N) is 1. The van der Waals surface area contributed by atoms with Crippen LogP contribution in [0.4, 0.5) is 5.95 Å². The van der Waals surface area contributed by atoms with Crippen LogP contribution < -0.4 is 5.32 Å². The lowest BCUT2D eigenvalue weighted by molar-refractivity contribution is -0.115. The van der Waals surface area contributed by atoms with Gasteiger partial charge in [0.15, 0.2) is 0 Å². The van der Waals surface area contributed by atoms with Gasteiger partial charge in [-0.05, 0) is 42.0 Å². The summed E-state index contributed by atoms with van der Waals surface area (Å²) in [4.78, 5) is 20.2. The van der Waals surface area contributed by atoms with Crippen LogP contribution in [-0.4, -0.2) is 41.3 Å². The Morgan fingerprint density at radius 3 is 2.71 bits per heavy atom. The van der Waals surface area contributed by atoms with Crippen LogP contribution >= 0.6 is 11.8 Å². The fraction of sp³-hybridized carbons (Fsp3) is 0.200. The number of para-hydroxylation sites is 1. The van der Waals surface area contributed by atoms with E-state index in [-0.39, 0.29) is 11.9 Å². The van der Waals surface area contributed by atoms with Crippen LogP contribution in [0.3, 0.4) is 0 Å². The molecular weight excluding hydrogens is 326 g/mol. The predicted octanol–water partition coefficient (Wildman–Crippen LogP) is 1.88. The number of aryl methyl sites for hydroxylation is 1. The van der Waals surface area contributed by atoms with Gasteiger partial charge in [-0.25, -0.2) is 9.97 Å². The fourth-order valence-corrected chi connectivity index (χ4v) is 2.79. The standard InChI is InChI=1S/C15H15N7OS/c1-10-6-3-4-7-12(10)22-15(19-20-21-22)24-11(2)13(23)18-14-16-8-5-9-17-14/h3-9,11H,1-2H3,(H,16,17,18,23)/t11-/m0/s1. The van der Waals surface area contributed by atoms with E-state index in [1.165, 1.54) is 11.8 Å². The molecule has 9 heteroatoms. The molecule has 0 saturated carbocycles. The minimum absolute atomic E-state index is 0.217. The first-order valence-electron chi connectivity index (χ1n) is 7.24. The van der Waals surface area contributed by atoms with E-state index in [1.807, 2.05) is 31.2 Å². The van der Waals surface area contributed by atoms with Crippen molar-refractivity contribution in [2.45, 2.75) is 24.3 Å². The molecule has 0 spiro atoms. The Kier molecular flexibility index (Phi) is 4.80. The summed E-state index contributed by atoms with van der Waals surface area (Å²) in [6, 6.07) is 9.46. The lowest BCUT2D eigenvalue weighted by atomic mass is 10.2. The average molecular weight is 341 g/mol. The van der Waals surface area contributed by atoms with E-state index in [0.717, 1.165) is 11.3 Å². The molecule has 0 aliphatic carbocycles. The molecule has 1 amide bonds. The number of carbonyl (C=O) groups is 1. The third-order valence-electron chi connectivity index (χ3n) is 3.24. The van der Waals surface area contributed by atoms with Crippen LogP contribution in [0.25, 0.3) is 5.69 Å². The normalized spacial score (nSPS) is 11.9. The largest absolute Gasteiger partial charge is 0.294 e. The number of hydrogen-bond donors (Lipinski definition) is 1. The highest BCUT2D eigenvalue weighted by Crippen LogP contribution is 2.24. The maximum atomic E-state index is 12.3. The molecule has 2 aromatic heterocycles. The zero-order chi connectivity index (χ0) is 16.9. The molecule has 1 aromatic carbocycles. The van der Waals surface area contributed by atoms with Gasteiger partial charge in [-0.15, -0.1) is 5.10 Å². The second kappa shape index (κ2) is 7.18. The molecule has 2 heterocycles. The van der Waals surface area contributed by atoms with Gasteiger partial charge in [-0.1, -0.05) is 30.0 Å². The van der Waals surface area contributed by atoms with Crippen molar-refractivity contribution in [3.05, 3.63) is 48.3 Å². The van der Waals surface area contributed by atoms with Gasteiger partial charge in [0.05, 0.1) is 10.9 Å². The van der Waals surface area contributed by atoms with E-state index in [0.29, 0.717) is 5.16 Å². The van der Waals surface area contributed by atoms with Crippen LogP contribution in [0.1, 0.15) is 12.5 Å². The molecular formula is C15H15N7OS. The highest BCUT2D eigenvalue weighted by atomic mass is 32.2. The SMILES string of the molecule is Cc1ccccc1-n1nnnc1S[C@@H](C)C(=O)Nc1ncccn1. The summed E-state index contributed by atoms with van der Waals surface area (Å²) in [7, 11) is 0. The van der Waals surface area contributed by atoms with E-state index in [4.69, 9.17) is 0 Å². The van der Waals surface area contributed by atoms with Crippen molar-refractivity contribution in [2.24, 2.45) is 0 Å². The third kappa shape index (κ3) is 3.57. The van der Waals surface area contributed by atoms with Crippen molar-refractivity contribution in [1.29, 1.82) is 0 Å². The first-order chi connectivity index (χ1) is 11.6. The van der Waals surface area contributed by atoms with E-state index >= 15 is 0 Å². The Morgan fingerprint density at radius 2 is 1.96 bits per heavy atom. The maximum Gasteiger partial charge on any atom is 0.240 e. The molecule has 0 aliphatic rings. The molecule has 122 valence electrons. The van der Waals surface area contributed by atoms with Crippen molar-refractivity contribution in [1.82, 2.24) is 30.2 Å². The predicted molar refractivity (Wildman–Crippen MR) is 89.9 cm³/mol. The number of aromatic nitrogens is 6. The summed E-state index contributed by atoms with van der Waals surface area (Å²) in [6.07, 6.45) is 3.14. The minimum atomic E-state index is -0.414. The summed E-state index contributed by atoms with van der Waals surface area (Å²) in [6.45, 7) is 3.76. The van der Waals surface area contributed by atoms with Crippen molar-refractivity contribution in [3.8, 4) is 5.69 Å². The highest BCUT2D eigenvalue weighted by molar-refractivity contribution is 8.00. The van der Waals surface area contributed by atoms with Gasteiger partial charge in [-0.3, -0.25) is 10.1 Å². The lowest BCUT2D eigenvalue weighted by Gasteiger charge is -2.11. The average Bonchev–Trinajstić information content (AvgIpc) is 3.04. The number of thioether (sulfide) groups is 1. The number of tetrazole rings is 1. The van der Waals surface area contributed by atoms with E-state index in [2.05, 4.69) is 30.8 Å². The molecule has 0 radical (unpaired) electrons. The topological polar surface area (TPSA) is 98.5 Å². The Hall–Kier alpha value is -2.81. The smallest absolute Gasteiger partial charge is 0.240 e. The van der Waals surface area contributed by atoms with Crippen molar-refractivity contribution in [3.63, 3.8) is 0 Å². The van der Waals surface area contributed by atoms with Crippen LogP contribution in [0.5, 0.6) is 0 Å². The summed E-state index contributed by atoms with van der Waals surface area (Å²) in [5.74, 6) is 0.0546. The monoisotopic (exact) mass is 341 g/mol. The maximum absolute atomic E-state index is 12.3. The van der Waals surface area contributed by atoms with Crippen LogP contribution in [0.2, 0.25) is 0 Å². The third-order valence-corrected chi connectivity index (χ3v) is 4.27. The van der Waals surface area contributed by atoms with Crippen molar-refractivity contribution in [2.75, 3.05) is 5.32 Å². The van der Waals surface area contributed by atoms with Gasteiger partial charge in [-0.2, -0.15) is 4.68 Å². The van der Waals surface area contributed by atoms with Gasteiger partial charge in [0.2, 0.25) is 17.0 Å². The molecule has 3 aromatic rings. The Bertz CT molecular complexity index is 837. The summed E-state index contributed by atoms with van der Waals surface area (Å²) in [5, 5.41) is 14.6. The molecule has 8 nitrogen and oxygen atoms in total. The summed E-state index contributed by atoms with van der Waals surface area (Å²) in [5.41, 5.74) is 1.92. The summed E-state index contributed by atoms with van der Waals surface area (Å²) >= 11 is 1.27. The van der Waals surface area contributed by atoms with E-state index < -0.39 is 5.25 Å². The number of nitrogens with zero attached hydrogens (tertiary/aromatic N) is 6. The molecule has 0 bridgehead atoms. The van der Waals surface area contributed by atoms with Gasteiger partial charge < -0.3 is 0 Å². The zero-order valence-corrected chi connectivity index (χ0v) is 13.9. The van der Waals surface area contributed by atoms with E-state index in [1.54, 1.807) is 30.1 Å². The van der Waals surface area contributed by atoms with Gasteiger partial charge in [0, 0.05) is 12.4 Å². The van der Waals surface area contributed by atoms with Crippen LogP contribution in [0.15, 0.2) is 47.9 Å². The molecule has 0 fully saturated rings. The quantitative estimate of drug-likeness (QED) is 0.707. The van der Waals surface area contributed by atoms with Gasteiger partial charge in [0.1, 0.15) is 0 Å². The Morgan fingerprint density at radius 1 is 1.21 bits per heavy atom. The first kappa shape index (κ1) is 16.1. The molecule has 0 saturated heterocycles. The van der Waals surface area contributed by atoms with Crippen LogP contribution in [-0.2, 0) is 4.79 Å². The molecule has 1 N–H and O–H groups in total. The molecule has 0 aliphatic heterocycles. The number of carbonyl (C=O) groups excluding carboxylic acids is 1. The highest BCUT2D eigenvalue weighted by Gasteiger charge is 2.20. The number of benzene rings is 1. The second-order valence-corrected chi connectivity index (χ2v) is 6.29. The Labute approximate surface area is 142 Å². The van der Waals surface area contributed by atoms with Crippen molar-refractivity contribution < 1.29 is 4.79 Å². The number of amides is 1. The molecule has 3 rings (SSSR count). The molecule has 1 atom stereocenters. The van der Waals surface area contributed by atoms with E-state index in [9.17, 15) is 4.79 Å².